The van der Waals surface area contributed by atoms with Gasteiger partial charge in [0, 0.05) is 19.6 Å². The number of rotatable bonds is 4. The van der Waals surface area contributed by atoms with Gasteiger partial charge in [0.1, 0.15) is 5.82 Å². The van der Waals surface area contributed by atoms with Gasteiger partial charge < -0.3 is 4.90 Å². The average Bonchev–Trinajstić information content (AvgIpc) is 2.21. The lowest BCUT2D eigenvalue weighted by molar-refractivity contribution is 0.468. The van der Waals surface area contributed by atoms with Gasteiger partial charge in [-0.3, -0.25) is 0 Å². The highest BCUT2D eigenvalue weighted by Gasteiger charge is 1.95. The third-order valence-corrected chi connectivity index (χ3v) is 2.17. The number of nitrogens with zero attached hydrogens (tertiary/aromatic N) is 1. The standard InChI is InChI=1S/C13H16FN.ClH/c1-3-10-15(2)11-4-5-12-6-8-13(14)9-7-12;/h6-9H,4-5,11H2,1-2H3;1H. The molecule has 0 amide bonds. The maximum Gasteiger partial charge on any atom is 0.123 e. The smallest absolute Gasteiger partial charge is 0.123 e. The van der Waals surface area contributed by atoms with Gasteiger partial charge in [0.05, 0.1) is 0 Å². The van der Waals surface area contributed by atoms with Crippen LogP contribution in [-0.4, -0.2) is 18.5 Å². The largest absolute Gasteiger partial charge is 0.336 e. The molecular weight excluding hydrogens is 225 g/mol. The fraction of sp³-hybridized carbons (Fsp3) is 0.385. The van der Waals surface area contributed by atoms with Gasteiger partial charge in [-0.15, -0.1) is 12.4 Å². The van der Waals surface area contributed by atoms with Crippen LogP contribution in [0.15, 0.2) is 24.3 Å². The summed E-state index contributed by atoms with van der Waals surface area (Å²) in [6, 6.07) is 9.64. The van der Waals surface area contributed by atoms with Crippen molar-refractivity contribution >= 4 is 12.4 Å². The van der Waals surface area contributed by atoms with Crippen molar-refractivity contribution in [3.8, 4) is 12.0 Å². The molecule has 1 aromatic rings. The van der Waals surface area contributed by atoms with Crippen molar-refractivity contribution in [2.45, 2.75) is 19.8 Å². The highest BCUT2D eigenvalue weighted by molar-refractivity contribution is 5.85. The molecule has 3 heteroatoms. The second kappa shape index (κ2) is 8.01. The summed E-state index contributed by atoms with van der Waals surface area (Å²) in [6.45, 7) is 2.77. The first-order chi connectivity index (χ1) is 7.22. The Morgan fingerprint density at radius 2 is 1.88 bits per heavy atom. The molecule has 0 aliphatic carbocycles. The Morgan fingerprint density at radius 3 is 2.44 bits per heavy atom. The van der Waals surface area contributed by atoms with E-state index >= 15 is 0 Å². The van der Waals surface area contributed by atoms with Gasteiger partial charge in [-0.2, -0.15) is 0 Å². The Kier molecular flexibility index (Phi) is 7.41. The molecule has 16 heavy (non-hydrogen) atoms. The van der Waals surface area contributed by atoms with Gasteiger partial charge in [0.15, 0.2) is 0 Å². The maximum atomic E-state index is 12.6. The Balaban J connectivity index is 0.00000225. The molecule has 1 nitrogen and oxygen atoms in total. The number of aryl methyl sites for hydroxylation is 1. The summed E-state index contributed by atoms with van der Waals surface area (Å²) in [4.78, 5) is 1.98. The third-order valence-electron chi connectivity index (χ3n) is 2.17. The molecule has 0 saturated heterocycles. The van der Waals surface area contributed by atoms with Crippen LogP contribution in [0.25, 0.3) is 0 Å². The summed E-state index contributed by atoms with van der Waals surface area (Å²) < 4.78 is 12.6. The lowest BCUT2D eigenvalue weighted by Gasteiger charge is -2.10. The molecule has 0 heterocycles. The summed E-state index contributed by atoms with van der Waals surface area (Å²) in [6.07, 6.45) is 2.01. The van der Waals surface area contributed by atoms with Crippen molar-refractivity contribution in [3.05, 3.63) is 35.6 Å². The van der Waals surface area contributed by atoms with Gasteiger partial charge in [-0.05, 0) is 37.5 Å². The van der Waals surface area contributed by atoms with E-state index in [1.165, 1.54) is 17.7 Å². The highest BCUT2D eigenvalue weighted by atomic mass is 35.5. The molecule has 1 rings (SSSR count). The Hall–Kier alpha value is -1.20. The van der Waals surface area contributed by atoms with Crippen molar-refractivity contribution in [2.75, 3.05) is 13.6 Å². The zero-order valence-corrected chi connectivity index (χ0v) is 10.5. The SMILES string of the molecule is CC#CN(C)CCCc1ccc(F)cc1.Cl. The van der Waals surface area contributed by atoms with Gasteiger partial charge in [0.2, 0.25) is 0 Å². The van der Waals surface area contributed by atoms with E-state index in [1.54, 1.807) is 0 Å². The minimum atomic E-state index is -0.173. The average molecular weight is 242 g/mol. The molecule has 1 aromatic carbocycles. The van der Waals surface area contributed by atoms with Gasteiger partial charge in [-0.25, -0.2) is 4.39 Å². The number of hydrogen-bond donors (Lipinski definition) is 0. The van der Waals surface area contributed by atoms with Crippen molar-refractivity contribution in [1.29, 1.82) is 0 Å². The molecule has 0 saturated carbocycles. The third kappa shape index (κ3) is 5.63. The van der Waals surface area contributed by atoms with Crippen LogP contribution in [0, 0.1) is 17.8 Å². The molecule has 0 unspecified atom stereocenters. The molecule has 0 bridgehead atoms. The molecule has 0 aromatic heterocycles. The van der Waals surface area contributed by atoms with E-state index < -0.39 is 0 Å². The predicted molar refractivity (Wildman–Crippen MR) is 68.0 cm³/mol. The van der Waals surface area contributed by atoms with Crippen LogP contribution >= 0.6 is 12.4 Å². The Bertz CT molecular complexity index is 350. The monoisotopic (exact) mass is 241 g/mol. The van der Waals surface area contributed by atoms with Crippen LogP contribution in [0.5, 0.6) is 0 Å². The summed E-state index contributed by atoms with van der Waals surface area (Å²) in [5.41, 5.74) is 1.18. The summed E-state index contributed by atoms with van der Waals surface area (Å²) in [5, 5.41) is 0. The molecule has 0 atom stereocenters. The predicted octanol–water partition coefficient (Wildman–Crippen LogP) is 3.09. The van der Waals surface area contributed by atoms with E-state index in [9.17, 15) is 4.39 Å². The van der Waals surface area contributed by atoms with E-state index in [4.69, 9.17) is 0 Å². The summed E-state index contributed by atoms with van der Waals surface area (Å²) in [7, 11) is 1.97. The molecule has 0 aliphatic rings. The molecular formula is C13H17ClFN. The van der Waals surface area contributed by atoms with E-state index in [-0.39, 0.29) is 18.2 Å². The van der Waals surface area contributed by atoms with Crippen LogP contribution in [0.2, 0.25) is 0 Å². The first-order valence-electron chi connectivity index (χ1n) is 5.10. The number of hydrogen-bond acceptors (Lipinski definition) is 1. The van der Waals surface area contributed by atoms with Crippen molar-refractivity contribution < 1.29 is 4.39 Å². The Labute approximate surface area is 103 Å². The zero-order valence-electron chi connectivity index (χ0n) is 9.66. The van der Waals surface area contributed by atoms with Gasteiger partial charge >= 0.3 is 0 Å². The van der Waals surface area contributed by atoms with E-state index in [0.717, 1.165) is 19.4 Å². The molecule has 0 spiro atoms. The fourth-order valence-corrected chi connectivity index (χ4v) is 1.42. The topological polar surface area (TPSA) is 3.24 Å². The zero-order chi connectivity index (χ0) is 11.1. The minimum absolute atomic E-state index is 0. The molecule has 0 fully saturated rings. The van der Waals surface area contributed by atoms with Crippen molar-refractivity contribution in [1.82, 2.24) is 4.90 Å². The van der Waals surface area contributed by atoms with Crippen LogP contribution in [-0.2, 0) is 6.42 Å². The minimum Gasteiger partial charge on any atom is -0.336 e. The lowest BCUT2D eigenvalue weighted by atomic mass is 10.1. The van der Waals surface area contributed by atoms with Crippen LogP contribution in [0.1, 0.15) is 18.9 Å². The van der Waals surface area contributed by atoms with Crippen molar-refractivity contribution in [2.24, 2.45) is 0 Å². The first-order valence-corrected chi connectivity index (χ1v) is 5.10. The van der Waals surface area contributed by atoms with Gasteiger partial charge in [0.25, 0.3) is 0 Å². The second-order valence-corrected chi connectivity index (χ2v) is 3.51. The number of benzene rings is 1. The fourth-order valence-electron chi connectivity index (χ4n) is 1.42. The first kappa shape index (κ1) is 14.8. The van der Waals surface area contributed by atoms with E-state index in [0.29, 0.717) is 0 Å². The van der Waals surface area contributed by atoms with Gasteiger partial charge in [-0.1, -0.05) is 18.1 Å². The van der Waals surface area contributed by atoms with E-state index in [1.807, 2.05) is 31.0 Å². The molecule has 88 valence electrons. The highest BCUT2D eigenvalue weighted by Crippen LogP contribution is 2.05. The Morgan fingerprint density at radius 1 is 1.25 bits per heavy atom. The van der Waals surface area contributed by atoms with Crippen LogP contribution in [0.3, 0.4) is 0 Å². The summed E-state index contributed by atoms with van der Waals surface area (Å²) in [5.74, 6) is 2.68. The van der Waals surface area contributed by atoms with E-state index in [2.05, 4.69) is 12.0 Å². The maximum absolute atomic E-state index is 12.6. The molecule has 0 radical (unpaired) electrons. The van der Waals surface area contributed by atoms with Crippen molar-refractivity contribution in [3.63, 3.8) is 0 Å². The van der Waals surface area contributed by atoms with Crippen LogP contribution < -0.4 is 0 Å². The number of halogens is 2. The second-order valence-electron chi connectivity index (χ2n) is 3.51. The molecule has 0 N–H and O–H groups in total. The molecule has 0 aliphatic heterocycles. The van der Waals surface area contributed by atoms with Crippen LogP contribution in [0.4, 0.5) is 4.39 Å². The lowest BCUT2D eigenvalue weighted by Crippen LogP contribution is -2.13. The normalized spacial score (nSPS) is 8.69. The quantitative estimate of drug-likeness (QED) is 0.579. The summed E-state index contributed by atoms with van der Waals surface area (Å²) >= 11 is 0.